The van der Waals surface area contributed by atoms with E-state index < -0.39 is 5.54 Å². The first-order chi connectivity index (χ1) is 8.19. The van der Waals surface area contributed by atoms with Crippen molar-refractivity contribution in [2.75, 3.05) is 6.54 Å². The van der Waals surface area contributed by atoms with Crippen LogP contribution in [0.1, 0.15) is 68.7 Å². The molecule has 0 radical (unpaired) electrons. The molecule has 1 saturated heterocycles. The van der Waals surface area contributed by atoms with E-state index in [9.17, 15) is 4.79 Å². The minimum atomic E-state index is -0.468. The first-order valence-electron chi connectivity index (χ1n) is 7.29. The number of amides is 1. The van der Waals surface area contributed by atoms with Gasteiger partial charge in [0.15, 0.2) is 0 Å². The smallest absolute Gasteiger partial charge is 0.243 e. The molecule has 1 N–H and O–H groups in total. The number of rotatable bonds is 2. The highest BCUT2D eigenvalue weighted by atomic mass is 16.2. The van der Waals surface area contributed by atoms with E-state index in [2.05, 4.69) is 58.7 Å². The van der Waals surface area contributed by atoms with Crippen LogP contribution in [0.25, 0.3) is 0 Å². The molecule has 3 nitrogen and oxygen atoms in total. The minimum absolute atomic E-state index is 0.141. The highest BCUT2D eigenvalue weighted by molar-refractivity contribution is 5.87. The van der Waals surface area contributed by atoms with Gasteiger partial charge in [-0.25, -0.2) is 0 Å². The largest absolute Gasteiger partial charge is 0.330 e. The maximum atomic E-state index is 12.9. The third-order valence-electron chi connectivity index (χ3n) is 3.87. The lowest BCUT2D eigenvalue weighted by atomic mass is 9.77. The Balaban J connectivity index is 3.15. The van der Waals surface area contributed by atoms with E-state index in [-0.39, 0.29) is 22.4 Å². The number of carbonyl (C=O) groups is 1. The van der Waals surface area contributed by atoms with Gasteiger partial charge in [0.25, 0.3) is 0 Å². The molecule has 1 rings (SSSR count). The van der Waals surface area contributed by atoms with E-state index >= 15 is 0 Å². The maximum Gasteiger partial charge on any atom is 0.243 e. The zero-order valence-electron chi connectivity index (χ0n) is 14.3. The number of nitrogens with one attached hydrogen (secondary N) is 1. The minimum Gasteiger partial charge on any atom is -0.330 e. The van der Waals surface area contributed by atoms with E-state index in [0.717, 1.165) is 13.0 Å². The molecule has 0 unspecified atom stereocenters. The van der Waals surface area contributed by atoms with Gasteiger partial charge in [0.05, 0.1) is 11.1 Å². The summed E-state index contributed by atoms with van der Waals surface area (Å²) < 4.78 is 0. The molecule has 1 fully saturated rings. The maximum absolute atomic E-state index is 12.9. The molecule has 19 heavy (non-hydrogen) atoms. The molecule has 1 heterocycles. The van der Waals surface area contributed by atoms with Crippen LogP contribution in [-0.2, 0) is 4.79 Å². The summed E-state index contributed by atoms with van der Waals surface area (Å²) in [4.78, 5) is 15.0. The molecule has 0 atom stereocenters. The van der Waals surface area contributed by atoms with Crippen molar-refractivity contribution in [1.29, 1.82) is 0 Å². The Kier molecular flexibility index (Phi) is 3.88. The van der Waals surface area contributed by atoms with Crippen molar-refractivity contribution >= 4 is 5.91 Å². The van der Waals surface area contributed by atoms with Gasteiger partial charge in [-0.05, 0) is 53.4 Å². The second-order valence-electron chi connectivity index (χ2n) is 8.98. The Hall–Kier alpha value is -0.570. The fraction of sp³-hybridized carbons (Fsp3) is 0.938. The molecule has 0 spiro atoms. The summed E-state index contributed by atoms with van der Waals surface area (Å²) in [7, 11) is 0. The van der Waals surface area contributed by atoms with E-state index in [0.29, 0.717) is 0 Å². The summed E-state index contributed by atoms with van der Waals surface area (Å²) in [5.74, 6) is 0.206. The summed E-state index contributed by atoms with van der Waals surface area (Å²) in [6, 6.07) is 0. The predicted molar refractivity (Wildman–Crippen MR) is 81.2 cm³/mol. The van der Waals surface area contributed by atoms with Crippen LogP contribution in [0.5, 0.6) is 0 Å². The molecule has 112 valence electrons. The first kappa shape index (κ1) is 16.5. The first-order valence-corrected chi connectivity index (χ1v) is 7.29. The highest BCUT2D eigenvalue weighted by Crippen LogP contribution is 2.38. The third kappa shape index (κ3) is 3.50. The Morgan fingerprint density at radius 2 is 1.58 bits per heavy atom. The van der Waals surface area contributed by atoms with Crippen LogP contribution in [0.2, 0.25) is 0 Å². The number of hydrogen-bond acceptors (Lipinski definition) is 2. The van der Waals surface area contributed by atoms with Gasteiger partial charge in [-0.1, -0.05) is 20.8 Å². The van der Waals surface area contributed by atoms with Crippen molar-refractivity contribution in [3.8, 4) is 0 Å². The fourth-order valence-corrected chi connectivity index (χ4v) is 3.62. The van der Waals surface area contributed by atoms with E-state index in [1.807, 2.05) is 13.8 Å². The normalized spacial score (nSPS) is 23.6. The van der Waals surface area contributed by atoms with Crippen molar-refractivity contribution in [3.63, 3.8) is 0 Å². The lowest BCUT2D eigenvalue weighted by Gasteiger charge is -2.56. The van der Waals surface area contributed by atoms with Crippen molar-refractivity contribution < 1.29 is 4.79 Å². The molecular formula is C16H32N2O. The number of carbonyl (C=O) groups excluding carboxylic acids is 1. The molecule has 0 aromatic heterocycles. The van der Waals surface area contributed by atoms with Crippen LogP contribution in [0.4, 0.5) is 0 Å². The Labute approximate surface area is 119 Å². The molecule has 0 saturated carbocycles. The molecule has 0 aromatic carbocycles. The monoisotopic (exact) mass is 268 g/mol. The van der Waals surface area contributed by atoms with Gasteiger partial charge in [0.2, 0.25) is 5.91 Å². The van der Waals surface area contributed by atoms with Crippen LogP contribution >= 0.6 is 0 Å². The SMILES string of the molecule is CC(C)(C)CC(C)(C)N1C(=O)C(C)(C)NCC1(C)C. The third-order valence-corrected chi connectivity index (χ3v) is 3.87. The highest BCUT2D eigenvalue weighted by Gasteiger charge is 2.50. The van der Waals surface area contributed by atoms with Crippen LogP contribution in [0.3, 0.4) is 0 Å². The second-order valence-corrected chi connectivity index (χ2v) is 8.98. The summed E-state index contributed by atoms with van der Waals surface area (Å²) in [5, 5.41) is 3.37. The van der Waals surface area contributed by atoms with Crippen molar-refractivity contribution in [2.24, 2.45) is 5.41 Å². The van der Waals surface area contributed by atoms with Crippen molar-refractivity contribution in [2.45, 2.75) is 85.4 Å². The van der Waals surface area contributed by atoms with Gasteiger partial charge >= 0.3 is 0 Å². The lowest BCUT2D eigenvalue weighted by Crippen LogP contribution is -2.74. The quantitative estimate of drug-likeness (QED) is 0.834. The molecular weight excluding hydrogens is 236 g/mol. The Morgan fingerprint density at radius 3 is 2.00 bits per heavy atom. The van der Waals surface area contributed by atoms with Gasteiger partial charge in [-0.3, -0.25) is 4.79 Å². The molecule has 0 bridgehead atoms. The Morgan fingerprint density at radius 1 is 1.11 bits per heavy atom. The average Bonchev–Trinajstić information content (AvgIpc) is 2.08. The van der Waals surface area contributed by atoms with Gasteiger partial charge < -0.3 is 10.2 Å². The van der Waals surface area contributed by atoms with Crippen molar-refractivity contribution in [1.82, 2.24) is 10.2 Å². The van der Waals surface area contributed by atoms with Crippen LogP contribution < -0.4 is 5.32 Å². The van der Waals surface area contributed by atoms with Gasteiger partial charge in [-0.15, -0.1) is 0 Å². The van der Waals surface area contributed by atoms with E-state index in [4.69, 9.17) is 0 Å². The summed E-state index contributed by atoms with van der Waals surface area (Å²) in [6.45, 7) is 20.2. The zero-order chi connectivity index (χ0) is 15.3. The fourth-order valence-electron chi connectivity index (χ4n) is 3.62. The predicted octanol–water partition coefficient (Wildman–Crippen LogP) is 3.19. The zero-order valence-corrected chi connectivity index (χ0v) is 14.3. The number of nitrogens with zero attached hydrogens (tertiary/aromatic N) is 1. The van der Waals surface area contributed by atoms with Crippen molar-refractivity contribution in [3.05, 3.63) is 0 Å². The lowest BCUT2D eigenvalue weighted by molar-refractivity contribution is -0.158. The molecule has 1 aliphatic heterocycles. The topological polar surface area (TPSA) is 32.3 Å². The average molecular weight is 268 g/mol. The molecule has 0 aliphatic carbocycles. The number of piperazine rings is 1. The van der Waals surface area contributed by atoms with Crippen LogP contribution in [0, 0.1) is 5.41 Å². The molecule has 1 amide bonds. The van der Waals surface area contributed by atoms with E-state index in [1.54, 1.807) is 0 Å². The van der Waals surface area contributed by atoms with Crippen LogP contribution in [0.15, 0.2) is 0 Å². The molecule has 0 aromatic rings. The Bertz CT molecular complexity index is 361. The van der Waals surface area contributed by atoms with E-state index in [1.165, 1.54) is 0 Å². The summed E-state index contributed by atoms with van der Waals surface area (Å²) in [6.07, 6.45) is 0.991. The number of hydrogen-bond donors (Lipinski definition) is 1. The molecule has 3 heteroatoms. The summed E-state index contributed by atoms with van der Waals surface area (Å²) >= 11 is 0. The van der Waals surface area contributed by atoms with Crippen LogP contribution in [-0.4, -0.2) is 34.0 Å². The van der Waals surface area contributed by atoms with Gasteiger partial charge in [0, 0.05) is 12.1 Å². The second kappa shape index (κ2) is 4.47. The van der Waals surface area contributed by atoms with Gasteiger partial charge in [0.1, 0.15) is 0 Å². The molecule has 1 aliphatic rings. The standard InChI is InChI=1S/C16H32N2O/c1-13(2,3)10-14(4,5)18-12(19)16(8,9)17-11-15(18,6)7/h17H,10-11H2,1-9H3. The summed E-state index contributed by atoms with van der Waals surface area (Å²) in [5.41, 5.74) is -0.556. The van der Waals surface area contributed by atoms with Gasteiger partial charge in [-0.2, -0.15) is 0 Å².